The maximum absolute atomic E-state index is 13.6. The largest absolute Gasteiger partial charge is 0.343 e. The number of hydrogen-bond acceptors (Lipinski definition) is 4. The van der Waals surface area contributed by atoms with Crippen LogP contribution in [0.4, 0.5) is 15.8 Å². The molecule has 154 valence electrons. The molecule has 0 aliphatic heterocycles. The molecule has 3 aromatic rings. The van der Waals surface area contributed by atoms with Crippen molar-refractivity contribution in [1.29, 1.82) is 0 Å². The van der Waals surface area contributed by atoms with Gasteiger partial charge in [0, 0.05) is 23.8 Å². The molecule has 2 aromatic carbocycles. The maximum atomic E-state index is 13.6. The minimum atomic E-state index is -0.683. The van der Waals surface area contributed by atoms with Crippen molar-refractivity contribution in [3.63, 3.8) is 0 Å². The minimum absolute atomic E-state index is 0.138. The lowest BCUT2D eigenvalue weighted by Gasteiger charge is -2.13. The fourth-order valence-corrected chi connectivity index (χ4v) is 2.66. The number of aromatic nitrogens is 2. The summed E-state index contributed by atoms with van der Waals surface area (Å²) in [5, 5.41) is 11.8. The smallest absolute Gasteiger partial charge is 0.254 e. The highest BCUT2D eigenvalue weighted by atomic mass is 19.1. The highest BCUT2D eigenvalue weighted by Gasteiger charge is 2.16. The molecule has 1 unspecified atom stereocenters. The molecule has 1 aromatic heterocycles. The van der Waals surface area contributed by atoms with Gasteiger partial charge in [0.15, 0.2) is 0 Å². The Morgan fingerprint density at radius 2 is 1.77 bits per heavy atom. The lowest BCUT2D eigenvalue weighted by atomic mass is 10.2. The molecule has 0 saturated carbocycles. The second-order valence-corrected chi connectivity index (χ2v) is 6.44. The Bertz CT molecular complexity index is 1050. The number of anilines is 2. The summed E-state index contributed by atoms with van der Waals surface area (Å²) in [5.41, 5.74) is 0.790. The Hall–Kier alpha value is -4.01. The average molecular weight is 409 g/mol. The van der Waals surface area contributed by atoms with Crippen molar-refractivity contribution in [2.24, 2.45) is 0 Å². The van der Waals surface area contributed by atoms with Crippen LogP contribution in [0.5, 0.6) is 0 Å². The van der Waals surface area contributed by atoms with Crippen molar-refractivity contribution in [1.82, 2.24) is 15.1 Å². The third kappa shape index (κ3) is 5.28. The molecule has 0 spiro atoms. The van der Waals surface area contributed by atoms with E-state index in [0.717, 1.165) is 0 Å². The van der Waals surface area contributed by atoms with Crippen molar-refractivity contribution in [3.05, 3.63) is 78.4 Å². The summed E-state index contributed by atoms with van der Waals surface area (Å²) in [7, 11) is 0. The summed E-state index contributed by atoms with van der Waals surface area (Å²) >= 11 is 0. The first-order valence-corrected chi connectivity index (χ1v) is 9.16. The van der Waals surface area contributed by atoms with Crippen molar-refractivity contribution < 1.29 is 18.8 Å². The number of amides is 3. The normalized spacial score (nSPS) is 11.4. The van der Waals surface area contributed by atoms with Gasteiger partial charge in [-0.25, -0.2) is 4.39 Å². The number of halogens is 1. The third-order valence-corrected chi connectivity index (χ3v) is 4.24. The molecular weight excluding hydrogens is 389 g/mol. The van der Waals surface area contributed by atoms with Gasteiger partial charge in [0.1, 0.15) is 11.9 Å². The van der Waals surface area contributed by atoms with E-state index in [4.69, 9.17) is 0 Å². The van der Waals surface area contributed by atoms with Crippen LogP contribution in [0.2, 0.25) is 0 Å². The maximum Gasteiger partial charge on any atom is 0.254 e. The molecule has 3 N–H and O–H groups in total. The third-order valence-electron chi connectivity index (χ3n) is 4.24. The predicted octanol–water partition coefficient (Wildman–Crippen LogP) is 2.59. The first-order valence-electron chi connectivity index (χ1n) is 9.16. The van der Waals surface area contributed by atoms with Crippen LogP contribution >= 0.6 is 0 Å². The molecule has 0 saturated heterocycles. The number of hydrogen-bond donors (Lipinski definition) is 3. The molecule has 0 aliphatic rings. The van der Waals surface area contributed by atoms with Crippen LogP contribution < -0.4 is 16.0 Å². The summed E-state index contributed by atoms with van der Waals surface area (Å²) in [4.78, 5) is 36.4. The second kappa shape index (κ2) is 9.46. The molecule has 0 bridgehead atoms. The zero-order valence-electron chi connectivity index (χ0n) is 16.1. The summed E-state index contributed by atoms with van der Waals surface area (Å²) in [6, 6.07) is 13.3. The lowest BCUT2D eigenvalue weighted by Crippen LogP contribution is -2.33. The Labute approximate surface area is 172 Å². The number of benzene rings is 2. The molecule has 3 amide bonds. The van der Waals surface area contributed by atoms with Gasteiger partial charge < -0.3 is 16.0 Å². The zero-order valence-corrected chi connectivity index (χ0v) is 16.1. The quantitative estimate of drug-likeness (QED) is 0.558. The van der Waals surface area contributed by atoms with Gasteiger partial charge >= 0.3 is 0 Å². The topological polar surface area (TPSA) is 105 Å². The number of carbonyl (C=O) groups is 3. The molecule has 1 atom stereocenters. The second-order valence-electron chi connectivity index (χ2n) is 6.44. The van der Waals surface area contributed by atoms with E-state index in [1.807, 2.05) is 0 Å². The van der Waals surface area contributed by atoms with E-state index >= 15 is 0 Å². The highest BCUT2D eigenvalue weighted by molar-refractivity contribution is 6.00. The average Bonchev–Trinajstić information content (AvgIpc) is 3.27. The van der Waals surface area contributed by atoms with Crippen LogP contribution in [0.25, 0.3) is 0 Å². The van der Waals surface area contributed by atoms with Crippen LogP contribution in [-0.4, -0.2) is 34.0 Å². The molecular formula is C21H20FN5O3. The number of carbonyl (C=O) groups excluding carboxylic acids is 3. The fourth-order valence-electron chi connectivity index (χ4n) is 2.66. The van der Waals surface area contributed by atoms with E-state index < -0.39 is 23.7 Å². The molecule has 3 rings (SSSR count). The summed E-state index contributed by atoms with van der Waals surface area (Å²) in [6.45, 7) is 1.38. The molecule has 0 radical (unpaired) electrons. The minimum Gasteiger partial charge on any atom is -0.343 e. The van der Waals surface area contributed by atoms with Crippen LogP contribution in [0.1, 0.15) is 23.3 Å². The van der Waals surface area contributed by atoms with Gasteiger partial charge in [-0.1, -0.05) is 18.2 Å². The number of rotatable bonds is 7. The summed E-state index contributed by atoms with van der Waals surface area (Å²) in [5.74, 6) is -2.10. The predicted molar refractivity (Wildman–Crippen MR) is 109 cm³/mol. The Morgan fingerprint density at radius 3 is 2.47 bits per heavy atom. The van der Waals surface area contributed by atoms with Gasteiger partial charge in [0.25, 0.3) is 5.91 Å². The van der Waals surface area contributed by atoms with Crippen molar-refractivity contribution in [3.8, 4) is 0 Å². The van der Waals surface area contributed by atoms with Crippen LogP contribution in [0, 0.1) is 5.82 Å². The van der Waals surface area contributed by atoms with E-state index in [9.17, 15) is 18.8 Å². The SMILES string of the molecule is CC(C(=O)Nc1cccc(NC(=O)CNC(=O)c2ccccc2F)c1)n1cccn1. The first kappa shape index (κ1) is 20.7. The van der Waals surface area contributed by atoms with E-state index in [-0.39, 0.29) is 18.0 Å². The van der Waals surface area contributed by atoms with Gasteiger partial charge in [0.05, 0.1) is 12.1 Å². The summed E-state index contributed by atoms with van der Waals surface area (Å²) < 4.78 is 15.1. The Morgan fingerprint density at radius 1 is 1.03 bits per heavy atom. The van der Waals surface area contributed by atoms with Crippen molar-refractivity contribution >= 4 is 29.1 Å². The molecule has 0 aliphatic carbocycles. The van der Waals surface area contributed by atoms with Gasteiger partial charge in [-0.3, -0.25) is 19.1 Å². The molecule has 9 heteroatoms. The van der Waals surface area contributed by atoms with Crippen molar-refractivity contribution in [2.45, 2.75) is 13.0 Å². The van der Waals surface area contributed by atoms with Gasteiger partial charge in [-0.2, -0.15) is 5.10 Å². The zero-order chi connectivity index (χ0) is 21.5. The lowest BCUT2D eigenvalue weighted by molar-refractivity contribution is -0.119. The van der Waals surface area contributed by atoms with Crippen molar-refractivity contribution in [2.75, 3.05) is 17.2 Å². The fraction of sp³-hybridized carbons (Fsp3) is 0.143. The molecule has 30 heavy (non-hydrogen) atoms. The Balaban J connectivity index is 1.54. The van der Waals surface area contributed by atoms with E-state index in [2.05, 4.69) is 21.0 Å². The van der Waals surface area contributed by atoms with E-state index in [1.54, 1.807) is 49.6 Å². The highest BCUT2D eigenvalue weighted by Crippen LogP contribution is 2.17. The first-order chi connectivity index (χ1) is 14.4. The molecule has 1 heterocycles. The van der Waals surface area contributed by atoms with Gasteiger partial charge in [-0.05, 0) is 43.3 Å². The number of nitrogens with one attached hydrogen (secondary N) is 3. The number of nitrogens with zero attached hydrogens (tertiary/aromatic N) is 2. The van der Waals surface area contributed by atoms with Crippen LogP contribution in [-0.2, 0) is 9.59 Å². The van der Waals surface area contributed by atoms with Crippen LogP contribution in [0.15, 0.2) is 67.0 Å². The van der Waals surface area contributed by atoms with E-state index in [1.165, 1.54) is 28.9 Å². The molecule has 8 nitrogen and oxygen atoms in total. The van der Waals surface area contributed by atoms with Gasteiger partial charge in [-0.15, -0.1) is 0 Å². The standard InChI is InChI=1S/C21H20FN5O3/c1-14(27-11-5-10-24-27)20(29)26-16-7-4-6-15(12-16)25-19(28)13-23-21(30)17-8-2-3-9-18(17)22/h2-12,14H,13H2,1H3,(H,23,30)(H,25,28)(H,26,29). The molecule has 0 fully saturated rings. The van der Waals surface area contributed by atoms with Crippen LogP contribution in [0.3, 0.4) is 0 Å². The summed E-state index contributed by atoms with van der Waals surface area (Å²) in [6.07, 6.45) is 3.28. The monoisotopic (exact) mass is 409 g/mol. The van der Waals surface area contributed by atoms with Gasteiger partial charge in [0.2, 0.25) is 11.8 Å². The van der Waals surface area contributed by atoms with E-state index in [0.29, 0.717) is 11.4 Å². The Kier molecular flexibility index (Phi) is 6.53.